The van der Waals surface area contributed by atoms with Gasteiger partial charge in [-0.25, -0.2) is 0 Å². The van der Waals surface area contributed by atoms with Crippen molar-refractivity contribution in [3.63, 3.8) is 0 Å². The molecule has 0 aromatic heterocycles. The molecule has 0 radical (unpaired) electrons. The molecule has 2 bridgehead atoms. The van der Waals surface area contributed by atoms with Crippen LogP contribution in [-0.2, 0) is 11.8 Å². The molecule has 96 valence electrons. The van der Waals surface area contributed by atoms with Crippen LogP contribution in [0.25, 0.3) is 0 Å². The van der Waals surface area contributed by atoms with E-state index in [1.165, 1.54) is 17.5 Å². The highest BCUT2D eigenvalue weighted by Crippen LogP contribution is 2.57. The Kier molecular flexibility index (Phi) is 1.90. The van der Waals surface area contributed by atoms with E-state index in [9.17, 15) is 5.11 Å². The normalized spacial score (nSPS) is 37.2. The van der Waals surface area contributed by atoms with Gasteiger partial charge in [0.25, 0.3) is 0 Å². The Balaban J connectivity index is 1.97. The average molecular weight is 245 g/mol. The number of piperidine rings is 1. The Morgan fingerprint density at radius 2 is 2.28 bits per heavy atom. The molecule has 3 atom stereocenters. The smallest absolute Gasteiger partial charge is 0.165 e. The van der Waals surface area contributed by atoms with Gasteiger partial charge in [0.05, 0.1) is 0 Å². The Morgan fingerprint density at radius 3 is 3.11 bits per heavy atom. The number of ether oxygens (including phenoxy) is 1. The number of nitrogens with zero attached hydrogens (tertiary/aromatic N) is 1. The SMILES string of the molecule is CC1Oc2c(O)ccc3c2C12CCN(C)C(C3)C2. The fraction of sp³-hybridized carbons (Fsp3) is 0.600. The monoisotopic (exact) mass is 245 g/mol. The van der Waals surface area contributed by atoms with Crippen molar-refractivity contribution in [2.24, 2.45) is 0 Å². The van der Waals surface area contributed by atoms with Crippen LogP contribution in [0.3, 0.4) is 0 Å². The molecule has 1 spiro atoms. The van der Waals surface area contributed by atoms with Crippen LogP contribution in [0.1, 0.15) is 30.9 Å². The summed E-state index contributed by atoms with van der Waals surface area (Å²) < 4.78 is 6.01. The van der Waals surface area contributed by atoms with Crippen molar-refractivity contribution in [3.8, 4) is 11.5 Å². The summed E-state index contributed by atoms with van der Waals surface area (Å²) in [7, 11) is 2.23. The van der Waals surface area contributed by atoms with Crippen molar-refractivity contribution in [2.45, 2.75) is 43.7 Å². The number of likely N-dealkylation sites (N-methyl/N-ethyl adjacent to an activating group) is 1. The molecular weight excluding hydrogens is 226 g/mol. The second kappa shape index (κ2) is 3.21. The molecule has 1 saturated heterocycles. The van der Waals surface area contributed by atoms with E-state index < -0.39 is 0 Å². The summed E-state index contributed by atoms with van der Waals surface area (Å²) >= 11 is 0. The molecule has 1 aromatic carbocycles. The maximum atomic E-state index is 10.0. The Labute approximate surface area is 107 Å². The third-order valence-electron chi connectivity index (χ3n) is 5.38. The first kappa shape index (κ1) is 10.7. The summed E-state index contributed by atoms with van der Waals surface area (Å²) in [6.45, 7) is 3.30. The van der Waals surface area contributed by atoms with E-state index in [0.717, 1.165) is 25.1 Å². The lowest BCUT2D eigenvalue weighted by Crippen LogP contribution is -2.54. The van der Waals surface area contributed by atoms with Gasteiger partial charge in [-0.3, -0.25) is 0 Å². The van der Waals surface area contributed by atoms with E-state index in [1.54, 1.807) is 6.07 Å². The molecule has 3 unspecified atom stereocenters. The summed E-state index contributed by atoms with van der Waals surface area (Å²) in [6, 6.07) is 4.52. The Hall–Kier alpha value is -1.22. The topological polar surface area (TPSA) is 32.7 Å². The van der Waals surface area contributed by atoms with Crippen LogP contribution in [0, 0.1) is 0 Å². The molecule has 0 saturated carbocycles. The first-order chi connectivity index (χ1) is 8.62. The lowest BCUT2D eigenvalue weighted by molar-refractivity contribution is 0.0529. The van der Waals surface area contributed by atoms with Gasteiger partial charge >= 0.3 is 0 Å². The number of likely N-dealkylation sites (tertiary alicyclic amines) is 1. The average Bonchev–Trinajstić information content (AvgIpc) is 2.65. The minimum atomic E-state index is 0.152. The van der Waals surface area contributed by atoms with Gasteiger partial charge in [-0.15, -0.1) is 0 Å². The summed E-state index contributed by atoms with van der Waals surface area (Å²) in [5.41, 5.74) is 2.85. The van der Waals surface area contributed by atoms with Crippen LogP contribution in [0.2, 0.25) is 0 Å². The number of hydrogen-bond donors (Lipinski definition) is 1. The number of aromatic hydroxyl groups is 1. The van der Waals surface area contributed by atoms with Crippen LogP contribution in [-0.4, -0.2) is 35.7 Å². The van der Waals surface area contributed by atoms with Gasteiger partial charge in [0, 0.05) is 17.0 Å². The van der Waals surface area contributed by atoms with Gasteiger partial charge in [0.1, 0.15) is 6.10 Å². The van der Waals surface area contributed by atoms with Gasteiger partial charge in [-0.05, 0) is 51.4 Å². The highest BCUT2D eigenvalue weighted by atomic mass is 16.5. The third kappa shape index (κ3) is 1.09. The van der Waals surface area contributed by atoms with Crippen LogP contribution >= 0.6 is 0 Å². The van der Waals surface area contributed by atoms with Crippen LogP contribution < -0.4 is 4.74 Å². The van der Waals surface area contributed by atoms with E-state index in [4.69, 9.17) is 4.74 Å². The number of phenolic OH excluding ortho intramolecular Hbond substituents is 1. The Morgan fingerprint density at radius 1 is 1.44 bits per heavy atom. The van der Waals surface area contributed by atoms with E-state index in [1.807, 2.05) is 0 Å². The number of rotatable bonds is 0. The van der Waals surface area contributed by atoms with E-state index in [0.29, 0.717) is 11.8 Å². The van der Waals surface area contributed by atoms with Gasteiger partial charge in [0.2, 0.25) is 0 Å². The molecule has 3 aliphatic rings. The zero-order valence-electron chi connectivity index (χ0n) is 10.9. The van der Waals surface area contributed by atoms with Crippen molar-refractivity contribution < 1.29 is 9.84 Å². The van der Waals surface area contributed by atoms with Gasteiger partial charge in [0.15, 0.2) is 11.5 Å². The van der Waals surface area contributed by atoms with Crippen molar-refractivity contribution in [1.82, 2.24) is 4.90 Å². The molecule has 2 aliphatic heterocycles. The predicted molar refractivity (Wildman–Crippen MR) is 69.2 cm³/mol. The standard InChI is InChI=1S/C15H19NO2/c1-9-15-5-6-16(2)11(8-15)7-10-3-4-12(17)14(18-9)13(10)15/h3-4,9,11,17H,5-8H2,1-2H3. The second-order valence-corrected chi connectivity index (χ2v) is 6.16. The Bertz CT molecular complexity index is 527. The molecule has 1 aromatic rings. The molecule has 18 heavy (non-hydrogen) atoms. The van der Waals surface area contributed by atoms with Crippen LogP contribution in [0.5, 0.6) is 11.5 Å². The molecular formula is C15H19NO2. The molecule has 1 fully saturated rings. The predicted octanol–water partition coefficient (Wildman–Crippen LogP) is 2.06. The van der Waals surface area contributed by atoms with Crippen molar-refractivity contribution in [3.05, 3.63) is 23.3 Å². The number of phenols is 1. The number of benzene rings is 1. The van der Waals surface area contributed by atoms with Gasteiger partial charge < -0.3 is 14.7 Å². The van der Waals surface area contributed by atoms with E-state index in [2.05, 4.69) is 24.9 Å². The molecule has 1 N–H and O–H groups in total. The summed E-state index contributed by atoms with van der Waals surface area (Å²) in [5, 5.41) is 10.0. The quantitative estimate of drug-likeness (QED) is 0.759. The lowest BCUT2D eigenvalue weighted by Gasteiger charge is -2.49. The van der Waals surface area contributed by atoms with Crippen LogP contribution in [0.4, 0.5) is 0 Å². The minimum absolute atomic E-state index is 0.152. The zero-order chi connectivity index (χ0) is 12.5. The highest BCUT2D eigenvalue weighted by Gasteiger charge is 2.54. The molecule has 2 heterocycles. The molecule has 0 amide bonds. The molecule has 3 heteroatoms. The van der Waals surface area contributed by atoms with Crippen molar-refractivity contribution in [1.29, 1.82) is 0 Å². The number of fused-ring (bicyclic) bond motifs is 1. The van der Waals surface area contributed by atoms with Gasteiger partial charge in [-0.2, -0.15) is 0 Å². The van der Waals surface area contributed by atoms with E-state index in [-0.39, 0.29) is 11.5 Å². The molecule has 4 rings (SSSR count). The second-order valence-electron chi connectivity index (χ2n) is 6.16. The fourth-order valence-corrected chi connectivity index (χ4v) is 4.26. The summed E-state index contributed by atoms with van der Waals surface area (Å²) in [4.78, 5) is 2.48. The first-order valence-corrected chi connectivity index (χ1v) is 6.84. The van der Waals surface area contributed by atoms with E-state index >= 15 is 0 Å². The number of hydrogen-bond acceptors (Lipinski definition) is 3. The third-order valence-corrected chi connectivity index (χ3v) is 5.38. The summed E-state index contributed by atoms with van der Waals surface area (Å²) in [5.74, 6) is 1.08. The van der Waals surface area contributed by atoms with Crippen molar-refractivity contribution >= 4 is 0 Å². The largest absolute Gasteiger partial charge is 0.504 e. The molecule has 3 nitrogen and oxygen atoms in total. The maximum Gasteiger partial charge on any atom is 0.165 e. The fourth-order valence-electron chi connectivity index (χ4n) is 4.26. The van der Waals surface area contributed by atoms with Crippen LogP contribution in [0.15, 0.2) is 12.1 Å². The van der Waals surface area contributed by atoms with Crippen molar-refractivity contribution in [2.75, 3.05) is 13.6 Å². The lowest BCUT2D eigenvalue weighted by atomic mass is 9.62. The summed E-state index contributed by atoms with van der Waals surface area (Å²) in [6.07, 6.45) is 3.60. The zero-order valence-corrected chi connectivity index (χ0v) is 10.9. The first-order valence-electron chi connectivity index (χ1n) is 6.84. The minimum Gasteiger partial charge on any atom is -0.504 e. The van der Waals surface area contributed by atoms with Gasteiger partial charge in [-0.1, -0.05) is 6.07 Å². The molecule has 1 aliphatic carbocycles. The maximum absolute atomic E-state index is 10.0. The highest BCUT2D eigenvalue weighted by molar-refractivity contribution is 5.59.